The number of aromatic nitrogens is 1. The van der Waals surface area contributed by atoms with Crippen LogP contribution in [0.5, 0.6) is 5.75 Å². The van der Waals surface area contributed by atoms with Crippen molar-refractivity contribution in [2.45, 2.75) is 25.3 Å². The van der Waals surface area contributed by atoms with E-state index in [1.54, 1.807) is 6.20 Å². The molecule has 3 nitrogen and oxygen atoms in total. The number of fused-ring (bicyclic) bond motifs is 1. The van der Waals surface area contributed by atoms with Crippen LogP contribution in [0, 0.1) is 0 Å². The van der Waals surface area contributed by atoms with Gasteiger partial charge < -0.3 is 10.1 Å². The maximum absolute atomic E-state index is 6.24. The number of nitrogens with zero attached hydrogens (tertiary/aromatic N) is 1. The normalized spacial score (nSPS) is 14.6. The maximum Gasteiger partial charge on any atom is 0.122 e. The Kier molecular flexibility index (Phi) is 4.42. The zero-order valence-electron chi connectivity index (χ0n) is 12.1. The lowest BCUT2D eigenvalue weighted by molar-refractivity contribution is 0.357. The third-order valence-corrected chi connectivity index (χ3v) is 4.26. The van der Waals surface area contributed by atoms with Crippen molar-refractivity contribution in [3.05, 3.63) is 58.4 Å². The monoisotopic (exact) mass is 302 g/mol. The SMILES string of the molecule is CNC(CCc1ccc2c(c1)CCO2)c1ncccc1Cl. The number of halogens is 1. The van der Waals surface area contributed by atoms with Crippen LogP contribution in [0.3, 0.4) is 0 Å². The first-order valence-corrected chi connectivity index (χ1v) is 7.68. The van der Waals surface area contributed by atoms with Gasteiger partial charge in [-0.25, -0.2) is 0 Å². The first kappa shape index (κ1) is 14.4. The van der Waals surface area contributed by atoms with Crippen LogP contribution >= 0.6 is 11.6 Å². The van der Waals surface area contributed by atoms with Crippen LogP contribution in [0.15, 0.2) is 36.5 Å². The second-order valence-corrected chi connectivity index (χ2v) is 5.70. The smallest absolute Gasteiger partial charge is 0.122 e. The maximum atomic E-state index is 6.24. The first-order chi connectivity index (χ1) is 10.3. The Morgan fingerprint density at radius 3 is 3.10 bits per heavy atom. The summed E-state index contributed by atoms with van der Waals surface area (Å²) in [4.78, 5) is 4.41. The van der Waals surface area contributed by atoms with Gasteiger partial charge in [-0.2, -0.15) is 0 Å². The number of nitrogens with one attached hydrogen (secondary N) is 1. The highest BCUT2D eigenvalue weighted by Gasteiger charge is 2.16. The molecule has 0 saturated heterocycles. The van der Waals surface area contributed by atoms with Crippen molar-refractivity contribution >= 4 is 11.6 Å². The number of rotatable bonds is 5. The molecule has 0 radical (unpaired) electrons. The lowest BCUT2D eigenvalue weighted by atomic mass is 10.0. The first-order valence-electron chi connectivity index (χ1n) is 7.30. The van der Waals surface area contributed by atoms with Gasteiger partial charge in [-0.15, -0.1) is 0 Å². The van der Waals surface area contributed by atoms with Gasteiger partial charge in [0.05, 0.1) is 23.4 Å². The highest BCUT2D eigenvalue weighted by Crippen LogP contribution is 2.28. The minimum absolute atomic E-state index is 0.170. The van der Waals surface area contributed by atoms with Crippen LogP contribution in [0.25, 0.3) is 0 Å². The van der Waals surface area contributed by atoms with Crippen molar-refractivity contribution in [3.63, 3.8) is 0 Å². The van der Waals surface area contributed by atoms with Gasteiger partial charge in [0.2, 0.25) is 0 Å². The highest BCUT2D eigenvalue weighted by atomic mass is 35.5. The molecular formula is C17H19ClN2O. The lowest BCUT2D eigenvalue weighted by Crippen LogP contribution is -2.18. The Bertz CT molecular complexity index is 630. The Morgan fingerprint density at radius 1 is 1.38 bits per heavy atom. The van der Waals surface area contributed by atoms with E-state index < -0.39 is 0 Å². The van der Waals surface area contributed by atoms with Gasteiger partial charge in [-0.3, -0.25) is 4.98 Å². The van der Waals surface area contributed by atoms with Gasteiger partial charge >= 0.3 is 0 Å². The molecule has 1 unspecified atom stereocenters. The second kappa shape index (κ2) is 6.46. The molecule has 110 valence electrons. The summed E-state index contributed by atoms with van der Waals surface area (Å²) in [6.07, 6.45) is 4.77. The van der Waals surface area contributed by atoms with E-state index in [1.807, 2.05) is 19.2 Å². The average Bonchev–Trinajstić information content (AvgIpc) is 2.97. The fourth-order valence-corrected chi connectivity index (χ4v) is 3.03. The molecule has 0 bridgehead atoms. The third-order valence-electron chi connectivity index (χ3n) is 3.94. The quantitative estimate of drug-likeness (QED) is 0.917. The summed E-state index contributed by atoms with van der Waals surface area (Å²) in [7, 11) is 1.95. The van der Waals surface area contributed by atoms with E-state index in [2.05, 4.69) is 28.5 Å². The molecule has 21 heavy (non-hydrogen) atoms. The van der Waals surface area contributed by atoms with Gasteiger partial charge in [0.15, 0.2) is 0 Å². The summed E-state index contributed by atoms with van der Waals surface area (Å²) in [6, 6.07) is 10.4. The minimum Gasteiger partial charge on any atom is -0.493 e. The zero-order valence-corrected chi connectivity index (χ0v) is 12.9. The van der Waals surface area contributed by atoms with Gasteiger partial charge in [-0.1, -0.05) is 23.7 Å². The van der Waals surface area contributed by atoms with E-state index in [4.69, 9.17) is 16.3 Å². The lowest BCUT2D eigenvalue weighted by Gasteiger charge is -2.17. The van der Waals surface area contributed by atoms with E-state index in [0.717, 1.165) is 42.3 Å². The Morgan fingerprint density at radius 2 is 2.29 bits per heavy atom. The molecule has 0 saturated carbocycles. The number of aryl methyl sites for hydroxylation is 1. The topological polar surface area (TPSA) is 34.1 Å². The van der Waals surface area contributed by atoms with Gasteiger partial charge in [0.1, 0.15) is 5.75 Å². The molecule has 2 aromatic rings. The highest BCUT2D eigenvalue weighted by molar-refractivity contribution is 6.31. The standard InChI is InChI=1S/C17H19ClN2O/c1-19-15(17-14(18)3-2-9-20-17)6-4-12-5-7-16-13(11-12)8-10-21-16/h2-3,5,7,9,11,15,19H,4,6,8,10H2,1H3. The van der Waals surface area contributed by atoms with Crippen molar-refractivity contribution < 1.29 is 4.74 Å². The fourth-order valence-electron chi connectivity index (χ4n) is 2.78. The predicted molar refractivity (Wildman–Crippen MR) is 85.0 cm³/mol. The van der Waals surface area contributed by atoms with Gasteiger partial charge in [0.25, 0.3) is 0 Å². The number of pyridine rings is 1. The Balaban J connectivity index is 1.70. The van der Waals surface area contributed by atoms with Gasteiger partial charge in [-0.05, 0) is 49.2 Å². The van der Waals surface area contributed by atoms with Gasteiger partial charge in [0, 0.05) is 12.6 Å². The molecular weight excluding hydrogens is 284 g/mol. The largest absolute Gasteiger partial charge is 0.493 e. The molecule has 1 aromatic heterocycles. The van der Waals surface area contributed by atoms with Crippen molar-refractivity contribution in [2.75, 3.05) is 13.7 Å². The third kappa shape index (κ3) is 3.20. The minimum atomic E-state index is 0.170. The number of benzene rings is 1. The summed E-state index contributed by atoms with van der Waals surface area (Å²) in [5.41, 5.74) is 3.59. The number of ether oxygens (including phenoxy) is 1. The summed E-state index contributed by atoms with van der Waals surface area (Å²) in [6.45, 7) is 0.807. The summed E-state index contributed by atoms with van der Waals surface area (Å²) >= 11 is 6.24. The summed E-state index contributed by atoms with van der Waals surface area (Å²) in [5, 5.41) is 4.03. The molecule has 1 aliphatic rings. The Hall–Kier alpha value is -1.58. The Labute approximate surface area is 130 Å². The molecule has 2 heterocycles. The molecule has 1 atom stereocenters. The zero-order chi connectivity index (χ0) is 14.7. The predicted octanol–water partition coefficient (Wildman–Crippen LogP) is 3.56. The fraction of sp³-hybridized carbons (Fsp3) is 0.353. The van der Waals surface area contributed by atoms with Crippen LogP contribution < -0.4 is 10.1 Å². The van der Waals surface area contributed by atoms with Crippen LogP contribution in [-0.4, -0.2) is 18.6 Å². The molecule has 3 rings (SSSR count). The number of hydrogen-bond acceptors (Lipinski definition) is 3. The van der Waals surface area contributed by atoms with Crippen LogP contribution in [0.1, 0.15) is 29.3 Å². The van der Waals surface area contributed by atoms with Crippen molar-refractivity contribution in [3.8, 4) is 5.75 Å². The van der Waals surface area contributed by atoms with E-state index in [0.29, 0.717) is 0 Å². The van der Waals surface area contributed by atoms with Crippen LogP contribution in [-0.2, 0) is 12.8 Å². The second-order valence-electron chi connectivity index (χ2n) is 5.29. The molecule has 0 amide bonds. The molecule has 4 heteroatoms. The van der Waals surface area contributed by atoms with Crippen molar-refractivity contribution in [1.29, 1.82) is 0 Å². The summed E-state index contributed by atoms with van der Waals surface area (Å²) in [5.74, 6) is 1.04. The molecule has 0 spiro atoms. The molecule has 1 aromatic carbocycles. The molecule has 1 N–H and O–H groups in total. The van der Waals surface area contributed by atoms with Crippen molar-refractivity contribution in [1.82, 2.24) is 10.3 Å². The van der Waals surface area contributed by atoms with E-state index in [-0.39, 0.29) is 6.04 Å². The van der Waals surface area contributed by atoms with E-state index in [1.165, 1.54) is 11.1 Å². The molecule has 0 fully saturated rings. The molecule has 0 aliphatic carbocycles. The number of hydrogen-bond donors (Lipinski definition) is 1. The van der Waals surface area contributed by atoms with Crippen LogP contribution in [0.4, 0.5) is 0 Å². The summed E-state index contributed by atoms with van der Waals surface area (Å²) < 4.78 is 5.55. The van der Waals surface area contributed by atoms with E-state index >= 15 is 0 Å². The average molecular weight is 303 g/mol. The van der Waals surface area contributed by atoms with Crippen LogP contribution in [0.2, 0.25) is 5.02 Å². The molecule has 1 aliphatic heterocycles. The van der Waals surface area contributed by atoms with Crippen molar-refractivity contribution in [2.24, 2.45) is 0 Å². The van der Waals surface area contributed by atoms with E-state index in [9.17, 15) is 0 Å².